The second kappa shape index (κ2) is 5.87. The molecular weight excluding hydrogens is 228 g/mol. The Morgan fingerprint density at radius 3 is 3.11 bits per heavy atom. The molecule has 0 spiro atoms. The van der Waals surface area contributed by atoms with Crippen molar-refractivity contribution < 1.29 is 9.53 Å². The van der Waals surface area contributed by atoms with Gasteiger partial charge in [0.2, 0.25) is 0 Å². The number of rotatable bonds is 3. The molecule has 1 aliphatic rings. The molecule has 0 radical (unpaired) electrons. The highest BCUT2D eigenvalue weighted by molar-refractivity contribution is 5.78. The zero-order valence-electron chi connectivity index (χ0n) is 11.0. The molecule has 1 aliphatic heterocycles. The standard InChI is InChI=1S/C14H20N2O2/c1-11-4-3-5-13(8-11)18-10-14(17)16-7-6-15-9-12(16)2/h3-5,8,12,15H,6-7,9-10H2,1-2H3/t12-/m0/s1. The molecule has 1 aromatic rings. The van der Waals surface area contributed by atoms with Gasteiger partial charge in [0.05, 0.1) is 0 Å². The van der Waals surface area contributed by atoms with E-state index in [1.165, 1.54) is 0 Å². The molecule has 1 atom stereocenters. The lowest BCUT2D eigenvalue weighted by Crippen LogP contribution is -2.53. The van der Waals surface area contributed by atoms with Crippen LogP contribution in [0.25, 0.3) is 0 Å². The predicted octanol–water partition coefficient (Wildman–Crippen LogP) is 1.19. The van der Waals surface area contributed by atoms with E-state index in [4.69, 9.17) is 4.74 Å². The molecule has 0 saturated carbocycles. The largest absolute Gasteiger partial charge is 0.484 e. The van der Waals surface area contributed by atoms with Crippen LogP contribution >= 0.6 is 0 Å². The third-order valence-electron chi connectivity index (χ3n) is 3.17. The van der Waals surface area contributed by atoms with E-state index < -0.39 is 0 Å². The summed E-state index contributed by atoms with van der Waals surface area (Å²) in [6, 6.07) is 8.00. The van der Waals surface area contributed by atoms with Gasteiger partial charge in [-0.1, -0.05) is 12.1 Å². The van der Waals surface area contributed by atoms with Crippen molar-refractivity contribution in [3.63, 3.8) is 0 Å². The van der Waals surface area contributed by atoms with Crippen LogP contribution in [0, 0.1) is 6.92 Å². The SMILES string of the molecule is Cc1cccc(OCC(=O)N2CCNC[C@@H]2C)c1. The van der Waals surface area contributed by atoms with Gasteiger partial charge in [-0.2, -0.15) is 0 Å². The number of nitrogens with zero attached hydrogens (tertiary/aromatic N) is 1. The van der Waals surface area contributed by atoms with Crippen LogP contribution < -0.4 is 10.1 Å². The van der Waals surface area contributed by atoms with Crippen molar-refractivity contribution in [1.82, 2.24) is 10.2 Å². The van der Waals surface area contributed by atoms with Crippen molar-refractivity contribution in [2.24, 2.45) is 0 Å². The number of amides is 1. The first kappa shape index (κ1) is 12.9. The first-order chi connectivity index (χ1) is 8.66. The molecule has 1 heterocycles. The Morgan fingerprint density at radius 1 is 1.56 bits per heavy atom. The number of aryl methyl sites for hydroxylation is 1. The van der Waals surface area contributed by atoms with Crippen LogP contribution in [-0.2, 0) is 4.79 Å². The zero-order valence-corrected chi connectivity index (χ0v) is 11.0. The first-order valence-electron chi connectivity index (χ1n) is 6.36. The lowest BCUT2D eigenvalue weighted by molar-refractivity contribution is -0.136. The number of carbonyl (C=O) groups is 1. The molecule has 4 heteroatoms. The van der Waals surface area contributed by atoms with E-state index in [0.717, 1.165) is 30.9 Å². The molecule has 1 saturated heterocycles. The Morgan fingerprint density at radius 2 is 2.39 bits per heavy atom. The summed E-state index contributed by atoms with van der Waals surface area (Å²) in [7, 11) is 0. The van der Waals surface area contributed by atoms with Crippen LogP contribution in [0.1, 0.15) is 12.5 Å². The Bertz CT molecular complexity index is 420. The van der Waals surface area contributed by atoms with E-state index in [9.17, 15) is 4.79 Å². The van der Waals surface area contributed by atoms with Crippen LogP contribution in [-0.4, -0.2) is 43.1 Å². The van der Waals surface area contributed by atoms with Gasteiger partial charge in [-0.15, -0.1) is 0 Å². The van der Waals surface area contributed by atoms with Gasteiger partial charge in [0.15, 0.2) is 6.61 Å². The van der Waals surface area contributed by atoms with E-state index in [-0.39, 0.29) is 18.6 Å². The molecule has 0 aromatic heterocycles. The Labute approximate surface area is 108 Å². The summed E-state index contributed by atoms with van der Waals surface area (Å²) in [5.74, 6) is 0.816. The average molecular weight is 248 g/mol. The third-order valence-corrected chi connectivity index (χ3v) is 3.17. The highest BCUT2D eigenvalue weighted by Crippen LogP contribution is 2.12. The molecule has 1 aromatic carbocycles. The highest BCUT2D eigenvalue weighted by Gasteiger charge is 2.22. The minimum Gasteiger partial charge on any atom is -0.484 e. The fourth-order valence-electron chi connectivity index (χ4n) is 2.14. The Kier molecular flexibility index (Phi) is 4.20. The quantitative estimate of drug-likeness (QED) is 0.873. The topological polar surface area (TPSA) is 41.6 Å². The van der Waals surface area contributed by atoms with Crippen molar-refractivity contribution >= 4 is 5.91 Å². The van der Waals surface area contributed by atoms with Crippen molar-refractivity contribution in [2.75, 3.05) is 26.2 Å². The lowest BCUT2D eigenvalue weighted by atomic mass is 10.2. The molecule has 1 N–H and O–H groups in total. The summed E-state index contributed by atoms with van der Waals surface area (Å²) in [5.41, 5.74) is 1.13. The van der Waals surface area contributed by atoms with Gasteiger partial charge in [0, 0.05) is 25.7 Å². The van der Waals surface area contributed by atoms with Gasteiger partial charge in [0.25, 0.3) is 5.91 Å². The number of hydrogen-bond donors (Lipinski definition) is 1. The molecule has 2 rings (SSSR count). The maximum absolute atomic E-state index is 12.0. The molecular formula is C14H20N2O2. The van der Waals surface area contributed by atoms with Crippen molar-refractivity contribution in [1.29, 1.82) is 0 Å². The average Bonchev–Trinajstić information content (AvgIpc) is 2.37. The number of hydrogen-bond acceptors (Lipinski definition) is 3. The van der Waals surface area contributed by atoms with Gasteiger partial charge in [-0.05, 0) is 31.5 Å². The van der Waals surface area contributed by atoms with Gasteiger partial charge >= 0.3 is 0 Å². The molecule has 1 amide bonds. The molecule has 0 aliphatic carbocycles. The highest BCUT2D eigenvalue weighted by atomic mass is 16.5. The number of nitrogens with one attached hydrogen (secondary N) is 1. The summed E-state index contributed by atoms with van der Waals surface area (Å²) < 4.78 is 5.54. The fraction of sp³-hybridized carbons (Fsp3) is 0.500. The lowest BCUT2D eigenvalue weighted by Gasteiger charge is -2.33. The second-order valence-electron chi connectivity index (χ2n) is 4.75. The fourth-order valence-corrected chi connectivity index (χ4v) is 2.14. The maximum Gasteiger partial charge on any atom is 0.260 e. The number of ether oxygens (including phenoxy) is 1. The Balaban J connectivity index is 1.88. The third kappa shape index (κ3) is 3.23. The van der Waals surface area contributed by atoms with Crippen LogP contribution in [0.15, 0.2) is 24.3 Å². The minimum atomic E-state index is 0.0607. The zero-order chi connectivity index (χ0) is 13.0. The number of carbonyl (C=O) groups excluding carboxylic acids is 1. The normalized spacial score (nSPS) is 19.7. The van der Waals surface area contributed by atoms with Gasteiger partial charge in [-0.3, -0.25) is 4.79 Å². The molecule has 4 nitrogen and oxygen atoms in total. The van der Waals surface area contributed by atoms with E-state index >= 15 is 0 Å². The maximum atomic E-state index is 12.0. The van der Waals surface area contributed by atoms with E-state index in [1.807, 2.05) is 36.1 Å². The van der Waals surface area contributed by atoms with E-state index in [1.54, 1.807) is 0 Å². The second-order valence-corrected chi connectivity index (χ2v) is 4.75. The van der Waals surface area contributed by atoms with Crippen molar-refractivity contribution in [3.8, 4) is 5.75 Å². The van der Waals surface area contributed by atoms with Crippen LogP contribution in [0.2, 0.25) is 0 Å². The smallest absolute Gasteiger partial charge is 0.260 e. The summed E-state index contributed by atoms with van der Waals surface area (Å²) in [6.07, 6.45) is 0. The Hall–Kier alpha value is -1.55. The summed E-state index contributed by atoms with van der Waals surface area (Å²) in [5, 5.41) is 3.27. The van der Waals surface area contributed by atoms with Gasteiger partial charge < -0.3 is 15.0 Å². The monoisotopic (exact) mass is 248 g/mol. The van der Waals surface area contributed by atoms with Gasteiger partial charge in [0.1, 0.15) is 5.75 Å². The number of benzene rings is 1. The van der Waals surface area contributed by atoms with Crippen molar-refractivity contribution in [3.05, 3.63) is 29.8 Å². The summed E-state index contributed by atoms with van der Waals surface area (Å²) in [4.78, 5) is 13.9. The van der Waals surface area contributed by atoms with Crippen molar-refractivity contribution in [2.45, 2.75) is 19.9 Å². The molecule has 0 bridgehead atoms. The molecule has 0 unspecified atom stereocenters. The predicted molar refractivity (Wildman–Crippen MR) is 70.7 cm³/mol. The molecule has 98 valence electrons. The van der Waals surface area contributed by atoms with Crippen LogP contribution in [0.3, 0.4) is 0 Å². The molecule has 1 fully saturated rings. The van der Waals surface area contributed by atoms with E-state index in [0.29, 0.717) is 0 Å². The van der Waals surface area contributed by atoms with Gasteiger partial charge in [-0.25, -0.2) is 0 Å². The number of piperazine rings is 1. The van der Waals surface area contributed by atoms with Crippen LogP contribution in [0.4, 0.5) is 0 Å². The summed E-state index contributed by atoms with van der Waals surface area (Å²) in [6.45, 7) is 6.66. The first-order valence-corrected chi connectivity index (χ1v) is 6.36. The van der Waals surface area contributed by atoms with Crippen LogP contribution in [0.5, 0.6) is 5.75 Å². The minimum absolute atomic E-state index is 0.0607. The summed E-state index contributed by atoms with van der Waals surface area (Å²) >= 11 is 0. The molecule has 18 heavy (non-hydrogen) atoms. The van der Waals surface area contributed by atoms with E-state index in [2.05, 4.69) is 12.2 Å².